The highest BCUT2D eigenvalue weighted by Gasteiger charge is 2.24. The molecule has 0 saturated carbocycles. The van der Waals surface area contributed by atoms with E-state index >= 15 is 0 Å². The standard InChI is InChI=1S/C15H19N5OS/c1-15(2,3)12-17-13(22-19-12)18-14(21)20-8-6-11-10(9-20)5-4-7-16-11/h4-5,7H,6,8-9H2,1-3H3,(H,17,18,19,21). The van der Waals surface area contributed by atoms with Crippen molar-refractivity contribution in [2.24, 2.45) is 0 Å². The van der Waals surface area contributed by atoms with Gasteiger partial charge in [-0.05, 0) is 11.6 Å². The summed E-state index contributed by atoms with van der Waals surface area (Å²) < 4.78 is 4.31. The van der Waals surface area contributed by atoms with E-state index < -0.39 is 0 Å². The van der Waals surface area contributed by atoms with Crippen molar-refractivity contribution in [1.29, 1.82) is 0 Å². The number of aromatic nitrogens is 3. The van der Waals surface area contributed by atoms with Crippen LogP contribution in [0.2, 0.25) is 0 Å². The van der Waals surface area contributed by atoms with E-state index in [2.05, 4.69) is 40.4 Å². The van der Waals surface area contributed by atoms with E-state index in [0.717, 1.165) is 23.5 Å². The Hall–Kier alpha value is -2.02. The Morgan fingerprint density at radius 3 is 2.95 bits per heavy atom. The second-order valence-corrected chi connectivity index (χ2v) is 7.14. The van der Waals surface area contributed by atoms with Crippen LogP contribution in [0, 0.1) is 0 Å². The maximum Gasteiger partial charge on any atom is 0.323 e. The van der Waals surface area contributed by atoms with Crippen LogP contribution in [0.4, 0.5) is 9.93 Å². The zero-order chi connectivity index (χ0) is 15.7. The van der Waals surface area contributed by atoms with Gasteiger partial charge in [0.25, 0.3) is 0 Å². The Morgan fingerprint density at radius 1 is 1.41 bits per heavy atom. The number of nitrogens with zero attached hydrogens (tertiary/aromatic N) is 4. The molecule has 0 aromatic carbocycles. The molecule has 7 heteroatoms. The van der Waals surface area contributed by atoms with E-state index in [1.54, 1.807) is 11.1 Å². The molecule has 0 bridgehead atoms. The maximum absolute atomic E-state index is 12.4. The minimum atomic E-state index is -0.133. The minimum Gasteiger partial charge on any atom is -0.320 e. The number of carbonyl (C=O) groups is 1. The molecule has 0 radical (unpaired) electrons. The molecule has 6 nitrogen and oxygen atoms in total. The number of rotatable bonds is 1. The van der Waals surface area contributed by atoms with Crippen molar-refractivity contribution in [2.45, 2.75) is 39.2 Å². The smallest absolute Gasteiger partial charge is 0.320 e. The molecule has 1 aliphatic heterocycles. The summed E-state index contributed by atoms with van der Waals surface area (Å²) in [6.45, 7) is 7.40. The van der Waals surface area contributed by atoms with Crippen LogP contribution >= 0.6 is 11.5 Å². The number of hydrogen-bond acceptors (Lipinski definition) is 5. The molecule has 2 aromatic rings. The molecule has 1 aliphatic rings. The molecule has 0 spiro atoms. The quantitative estimate of drug-likeness (QED) is 0.878. The SMILES string of the molecule is CC(C)(C)c1nsc(NC(=O)N2CCc3ncccc3C2)n1. The van der Waals surface area contributed by atoms with Gasteiger partial charge in [0.2, 0.25) is 5.13 Å². The molecule has 3 heterocycles. The second kappa shape index (κ2) is 5.64. The molecule has 22 heavy (non-hydrogen) atoms. The van der Waals surface area contributed by atoms with Crippen molar-refractivity contribution in [1.82, 2.24) is 19.2 Å². The third kappa shape index (κ3) is 3.09. The van der Waals surface area contributed by atoms with Crippen molar-refractivity contribution in [3.63, 3.8) is 0 Å². The zero-order valence-electron chi connectivity index (χ0n) is 13.0. The van der Waals surface area contributed by atoms with E-state index in [-0.39, 0.29) is 11.4 Å². The Labute approximate surface area is 133 Å². The first kappa shape index (κ1) is 14.9. The van der Waals surface area contributed by atoms with Gasteiger partial charge in [0, 0.05) is 48.3 Å². The van der Waals surface area contributed by atoms with Gasteiger partial charge in [0.05, 0.1) is 0 Å². The summed E-state index contributed by atoms with van der Waals surface area (Å²) in [6, 6.07) is 3.79. The number of amides is 2. The Morgan fingerprint density at radius 2 is 2.23 bits per heavy atom. The highest BCUT2D eigenvalue weighted by atomic mass is 32.1. The molecule has 0 atom stereocenters. The molecule has 0 unspecified atom stereocenters. The minimum absolute atomic E-state index is 0.116. The van der Waals surface area contributed by atoms with Crippen LogP contribution in [0.25, 0.3) is 0 Å². The molecule has 0 aliphatic carbocycles. The van der Waals surface area contributed by atoms with Crippen LogP contribution in [-0.2, 0) is 18.4 Å². The van der Waals surface area contributed by atoms with E-state index in [4.69, 9.17) is 0 Å². The monoisotopic (exact) mass is 317 g/mol. The molecule has 0 saturated heterocycles. The summed E-state index contributed by atoms with van der Waals surface area (Å²) >= 11 is 1.22. The van der Waals surface area contributed by atoms with Crippen molar-refractivity contribution in [3.8, 4) is 0 Å². The second-order valence-electron chi connectivity index (χ2n) is 6.38. The summed E-state index contributed by atoms with van der Waals surface area (Å²) in [7, 11) is 0. The van der Waals surface area contributed by atoms with Gasteiger partial charge in [0.15, 0.2) is 0 Å². The Kier molecular flexibility index (Phi) is 3.82. The summed E-state index contributed by atoms with van der Waals surface area (Å²) in [5, 5.41) is 3.39. The largest absolute Gasteiger partial charge is 0.323 e. The van der Waals surface area contributed by atoms with Gasteiger partial charge in [-0.25, -0.2) is 9.78 Å². The van der Waals surface area contributed by atoms with E-state index in [0.29, 0.717) is 18.2 Å². The zero-order valence-corrected chi connectivity index (χ0v) is 13.8. The number of fused-ring (bicyclic) bond motifs is 1. The number of pyridine rings is 1. The van der Waals surface area contributed by atoms with Crippen LogP contribution in [0.3, 0.4) is 0 Å². The molecule has 2 aromatic heterocycles. The van der Waals surface area contributed by atoms with Gasteiger partial charge in [-0.15, -0.1) is 0 Å². The number of nitrogens with one attached hydrogen (secondary N) is 1. The first-order valence-corrected chi connectivity index (χ1v) is 8.04. The van der Waals surface area contributed by atoms with Crippen molar-refractivity contribution < 1.29 is 4.79 Å². The van der Waals surface area contributed by atoms with Gasteiger partial charge in [-0.2, -0.15) is 4.37 Å². The number of hydrogen-bond donors (Lipinski definition) is 1. The molecular formula is C15H19N5OS. The topological polar surface area (TPSA) is 71.0 Å². The van der Waals surface area contributed by atoms with Gasteiger partial charge < -0.3 is 4.90 Å². The molecule has 0 fully saturated rings. The third-order valence-corrected chi connectivity index (χ3v) is 4.19. The predicted octanol–water partition coefficient (Wildman–Crippen LogP) is 2.82. The van der Waals surface area contributed by atoms with Gasteiger partial charge in [-0.3, -0.25) is 10.3 Å². The Bertz CT molecular complexity index is 691. The average Bonchev–Trinajstić information content (AvgIpc) is 2.95. The van der Waals surface area contributed by atoms with E-state index in [9.17, 15) is 4.79 Å². The molecule has 3 rings (SSSR count). The first-order chi connectivity index (χ1) is 10.4. The molecular weight excluding hydrogens is 298 g/mol. The molecule has 116 valence electrons. The van der Waals surface area contributed by atoms with Crippen LogP contribution in [-0.4, -0.2) is 31.8 Å². The summed E-state index contributed by atoms with van der Waals surface area (Å²) in [5.41, 5.74) is 2.07. The van der Waals surface area contributed by atoms with Gasteiger partial charge in [0.1, 0.15) is 5.82 Å². The highest BCUT2D eigenvalue weighted by molar-refractivity contribution is 7.09. The number of carbonyl (C=O) groups excluding carboxylic acids is 1. The van der Waals surface area contributed by atoms with Gasteiger partial charge >= 0.3 is 6.03 Å². The number of urea groups is 1. The van der Waals surface area contributed by atoms with Crippen molar-refractivity contribution in [3.05, 3.63) is 35.4 Å². The van der Waals surface area contributed by atoms with Crippen LogP contribution < -0.4 is 5.32 Å². The fourth-order valence-corrected chi connectivity index (χ4v) is 3.04. The lowest BCUT2D eigenvalue weighted by Crippen LogP contribution is -2.39. The molecule has 1 N–H and O–H groups in total. The fourth-order valence-electron chi connectivity index (χ4n) is 2.29. The summed E-state index contributed by atoms with van der Waals surface area (Å²) in [4.78, 5) is 22.9. The van der Waals surface area contributed by atoms with Gasteiger partial charge in [-0.1, -0.05) is 26.8 Å². The van der Waals surface area contributed by atoms with E-state index in [1.807, 2.05) is 12.1 Å². The lowest BCUT2D eigenvalue weighted by molar-refractivity contribution is 0.206. The maximum atomic E-state index is 12.4. The van der Waals surface area contributed by atoms with Crippen LogP contribution in [0.15, 0.2) is 18.3 Å². The first-order valence-electron chi connectivity index (χ1n) is 7.26. The van der Waals surface area contributed by atoms with Crippen LogP contribution in [0.1, 0.15) is 37.9 Å². The average molecular weight is 317 g/mol. The fraction of sp³-hybridized carbons (Fsp3) is 0.467. The normalized spacial score (nSPS) is 14.6. The Balaban J connectivity index is 1.67. The van der Waals surface area contributed by atoms with E-state index in [1.165, 1.54) is 11.5 Å². The predicted molar refractivity (Wildman–Crippen MR) is 86.0 cm³/mol. The lowest BCUT2D eigenvalue weighted by atomic mass is 9.96. The third-order valence-electron chi connectivity index (χ3n) is 3.56. The van der Waals surface area contributed by atoms with Crippen LogP contribution in [0.5, 0.6) is 0 Å². The van der Waals surface area contributed by atoms with Crippen molar-refractivity contribution in [2.75, 3.05) is 11.9 Å². The lowest BCUT2D eigenvalue weighted by Gasteiger charge is -2.27. The summed E-state index contributed by atoms with van der Waals surface area (Å²) in [5.74, 6) is 0.751. The summed E-state index contributed by atoms with van der Waals surface area (Å²) in [6.07, 6.45) is 2.58. The number of anilines is 1. The highest BCUT2D eigenvalue weighted by Crippen LogP contribution is 2.23. The molecule has 2 amide bonds. The van der Waals surface area contributed by atoms with Crippen molar-refractivity contribution >= 4 is 22.7 Å².